The summed E-state index contributed by atoms with van der Waals surface area (Å²) in [4.78, 5) is 4.90. The molecule has 2 aromatic carbocycles. The molecule has 1 saturated heterocycles. The van der Waals surface area contributed by atoms with Gasteiger partial charge in [-0.1, -0.05) is 24.3 Å². The van der Waals surface area contributed by atoms with Gasteiger partial charge in [-0.2, -0.15) is 0 Å². The highest BCUT2D eigenvalue weighted by atomic mass is 16.5. The predicted octanol–water partition coefficient (Wildman–Crippen LogP) is 3.77. The first-order valence-corrected chi connectivity index (χ1v) is 9.27. The van der Waals surface area contributed by atoms with Gasteiger partial charge in [-0.05, 0) is 49.8 Å². The fraction of sp³-hybridized carbons (Fsp3) is 0.364. The minimum atomic E-state index is -0.359. The third-order valence-electron chi connectivity index (χ3n) is 5.11. The van der Waals surface area contributed by atoms with Crippen molar-refractivity contribution in [3.8, 4) is 11.5 Å². The number of piperazine rings is 1. The van der Waals surface area contributed by atoms with E-state index in [-0.39, 0.29) is 5.60 Å². The van der Waals surface area contributed by atoms with Crippen LogP contribution in [0.4, 0.5) is 5.69 Å². The van der Waals surface area contributed by atoms with Crippen LogP contribution in [0.1, 0.15) is 19.4 Å². The molecule has 26 heavy (non-hydrogen) atoms. The number of fused-ring (bicyclic) bond motifs is 1. The number of rotatable bonds is 3. The van der Waals surface area contributed by atoms with Crippen LogP contribution in [0.25, 0.3) is 5.57 Å². The van der Waals surface area contributed by atoms with Crippen molar-refractivity contribution in [3.05, 3.63) is 60.2 Å². The van der Waals surface area contributed by atoms with Crippen LogP contribution in [0.15, 0.2) is 54.6 Å². The molecule has 2 aliphatic heterocycles. The van der Waals surface area contributed by atoms with Gasteiger partial charge in [0.1, 0.15) is 17.1 Å². The van der Waals surface area contributed by atoms with Crippen LogP contribution in [-0.2, 0) is 0 Å². The van der Waals surface area contributed by atoms with E-state index in [0.717, 1.165) is 49.6 Å². The highest BCUT2D eigenvalue weighted by molar-refractivity contribution is 5.78. The zero-order valence-electron chi connectivity index (χ0n) is 15.5. The molecule has 2 aliphatic rings. The molecule has 2 heterocycles. The molecule has 1 fully saturated rings. The molecule has 2 aromatic rings. The normalized spacial score (nSPS) is 19.5. The fourth-order valence-electron chi connectivity index (χ4n) is 3.90. The van der Waals surface area contributed by atoms with Crippen LogP contribution in [0.5, 0.6) is 11.5 Å². The van der Waals surface area contributed by atoms with Crippen molar-refractivity contribution in [2.24, 2.45) is 0 Å². The molecule has 0 aliphatic carbocycles. The van der Waals surface area contributed by atoms with Gasteiger partial charge in [-0.25, -0.2) is 0 Å². The van der Waals surface area contributed by atoms with E-state index in [1.54, 1.807) is 6.07 Å². The number of phenols is 1. The first kappa shape index (κ1) is 17.0. The van der Waals surface area contributed by atoms with Crippen molar-refractivity contribution in [2.75, 3.05) is 37.6 Å². The lowest BCUT2D eigenvalue weighted by molar-refractivity contribution is 0.156. The number of benzene rings is 2. The molecule has 1 N–H and O–H groups in total. The SMILES string of the molecule is CC1(C)C=C(CN2CCN(c3ccccc3)CC2)c2c(O)cccc2O1. The van der Waals surface area contributed by atoms with Gasteiger partial charge in [0, 0.05) is 38.4 Å². The number of hydrogen-bond acceptors (Lipinski definition) is 4. The molecule has 4 heteroatoms. The van der Waals surface area contributed by atoms with E-state index >= 15 is 0 Å². The maximum absolute atomic E-state index is 10.4. The molecule has 0 saturated carbocycles. The Balaban J connectivity index is 1.49. The molecule has 0 bridgehead atoms. The summed E-state index contributed by atoms with van der Waals surface area (Å²) in [5.41, 5.74) is 2.93. The van der Waals surface area contributed by atoms with Gasteiger partial charge in [0.05, 0.1) is 5.56 Å². The van der Waals surface area contributed by atoms with Gasteiger partial charge in [0.2, 0.25) is 0 Å². The number of nitrogens with zero attached hydrogens (tertiary/aromatic N) is 2. The number of ether oxygens (including phenoxy) is 1. The quantitative estimate of drug-likeness (QED) is 0.914. The van der Waals surface area contributed by atoms with E-state index in [2.05, 4.69) is 60.1 Å². The maximum Gasteiger partial charge on any atom is 0.131 e. The minimum Gasteiger partial charge on any atom is -0.507 e. The second kappa shape index (κ2) is 6.69. The molecule has 136 valence electrons. The lowest BCUT2D eigenvalue weighted by Crippen LogP contribution is -2.47. The van der Waals surface area contributed by atoms with Crippen molar-refractivity contribution in [2.45, 2.75) is 19.4 Å². The van der Waals surface area contributed by atoms with E-state index in [0.29, 0.717) is 5.75 Å². The molecule has 0 unspecified atom stereocenters. The van der Waals surface area contributed by atoms with Crippen LogP contribution >= 0.6 is 0 Å². The van der Waals surface area contributed by atoms with E-state index in [4.69, 9.17) is 4.74 Å². The molecular weight excluding hydrogens is 324 g/mol. The standard InChI is InChI=1S/C22H26N2O2/c1-22(2)15-17(21-19(25)9-6-10-20(21)26-22)16-23-11-13-24(14-12-23)18-7-4-3-5-8-18/h3-10,15,25H,11-14,16H2,1-2H3. The third-order valence-corrected chi connectivity index (χ3v) is 5.11. The minimum absolute atomic E-state index is 0.298. The third kappa shape index (κ3) is 3.42. The van der Waals surface area contributed by atoms with Gasteiger partial charge in [0.15, 0.2) is 0 Å². The highest BCUT2D eigenvalue weighted by Gasteiger charge is 2.29. The monoisotopic (exact) mass is 350 g/mol. The van der Waals surface area contributed by atoms with Crippen LogP contribution in [0.2, 0.25) is 0 Å². The summed E-state index contributed by atoms with van der Waals surface area (Å²) in [6, 6.07) is 16.1. The summed E-state index contributed by atoms with van der Waals surface area (Å²) in [6.45, 7) is 9.02. The first-order chi connectivity index (χ1) is 12.5. The Morgan fingerprint density at radius 3 is 2.42 bits per heavy atom. The van der Waals surface area contributed by atoms with Gasteiger partial charge in [-0.3, -0.25) is 4.90 Å². The summed E-state index contributed by atoms with van der Waals surface area (Å²) in [6.07, 6.45) is 2.15. The molecule has 0 atom stereocenters. The Labute approximate surface area is 155 Å². The second-order valence-electron chi connectivity index (χ2n) is 7.62. The summed E-state index contributed by atoms with van der Waals surface area (Å²) in [5, 5.41) is 10.4. The Morgan fingerprint density at radius 2 is 1.69 bits per heavy atom. The van der Waals surface area contributed by atoms with Crippen LogP contribution in [0.3, 0.4) is 0 Å². The molecule has 0 aromatic heterocycles. The van der Waals surface area contributed by atoms with E-state index in [9.17, 15) is 5.11 Å². The van der Waals surface area contributed by atoms with Crippen LogP contribution in [-0.4, -0.2) is 48.3 Å². The first-order valence-electron chi connectivity index (χ1n) is 9.27. The van der Waals surface area contributed by atoms with Crippen LogP contribution < -0.4 is 9.64 Å². The summed E-state index contributed by atoms with van der Waals surface area (Å²) < 4.78 is 6.03. The van der Waals surface area contributed by atoms with Crippen LogP contribution in [0, 0.1) is 0 Å². The number of phenolic OH excluding ortho intramolecular Hbond substituents is 1. The zero-order valence-corrected chi connectivity index (χ0v) is 15.5. The molecule has 4 nitrogen and oxygen atoms in total. The Kier molecular flexibility index (Phi) is 4.37. The van der Waals surface area contributed by atoms with Gasteiger partial charge in [0.25, 0.3) is 0 Å². The molecular formula is C22H26N2O2. The number of aromatic hydroxyl groups is 1. The number of para-hydroxylation sites is 1. The maximum atomic E-state index is 10.4. The Bertz CT molecular complexity index is 806. The second-order valence-corrected chi connectivity index (χ2v) is 7.62. The number of anilines is 1. The zero-order chi connectivity index (χ0) is 18.1. The van der Waals surface area contributed by atoms with Crippen molar-refractivity contribution >= 4 is 11.3 Å². The summed E-state index contributed by atoms with van der Waals surface area (Å²) in [5.74, 6) is 1.07. The molecule has 0 spiro atoms. The molecule has 4 rings (SSSR count). The van der Waals surface area contributed by atoms with Gasteiger partial charge >= 0.3 is 0 Å². The smallest absolute Gasteiger partial charge is 0.131 e. The van der Waals surface area contributed by atoms with E-state index in [1.165, 1.54) is 5.69 Å². The number of hydrogen-bond donors (Lipinski definition) is 1. The van der Waals surface area contributed by atoms with Crippen molar-refractivity contribution < 1.29 is 9.84 Å². The van der Waals surface area contributed by atoms with Crippen molar-refractivity contribution in [1.29, 1.82) is 0 Å². The van der Waals surface area contributed by atoms with Gasteiger partial charge in [-0.15, -0.1) is 0 Å². The largest absolute Gasteiger partial charge is 0.507 e. The molecule has 0 amide bonds. The summed E-state index contributed by atoms with van der Waals surface area (Å²) in [7, 11) is 0. The Hall–Kier alpha value is -2.46. The Morgan fingerprint density at radius 1 is 0.962 bits per heavy atom. The highest BCUT2D eigenvalue weighted by Crippen LogP contribution is 2.41. The predicted molar refractivity (Wildman–Crippen MR) is 106 cm³/mol. The van der Waals surface area contributed by atoms with E-state index < -0.39 is 0 Å². The lowest BCUT2D eigenvalue weighted by atomic mass is 9.93. The lowest BCUT2D eigenvalue weighted by Gasteiger charge is -2.38. The topological polar surface area (TPSA) is 35.9 Å². The van der Waals surface area contributed by atoms with Gasteiger partial charge < -0.3 is 14.7 Å². The van der Waals surface area contributed by atoms with Crippen molar-refractivity contribution in [3.63, 3.8) is 0 Å². The van der Waals surface area contributed by atoms with E-state index in [1.807, 2.05) is 12.1 Å². The van der Waals surface area contributed by atoms with Crippen molar-refractivity contribution in [1.82, 2.24) is 4.90 Å². The average Bonchev–Trinajstić information content (AvgIpc) is 2.62. The molecule has 0 radical (unpaired) electrons. The average molecular weight is 350 g/mol. The summed E-state index contributed by atoms with van der Waals surface area (Å²) >= 11 is 0. The fourth-order valence-corrected chi connectivity index (χ4v) is 3.90.